The Morgan fingerprint density at radius 2 is 1.84 bits per heavy atom. The van der Waals surface area contributed by atoms with Crippen molar-refractivity contribution >= 4 is 11.8 Å². The number of aromatic nitrogens is 1. The summed E-state index contributed by atoms with van der Waals surface area (Å²) in [5.74, 6) is 0.668. The Labute approximate surface area is 218 Å². The number of ether oxygens (including phenoxy) is 1. The van der Waals surface area contributed by atoms with Crippen LogP contribution in [0.1, 0.15) is 72.3 Å². The molecule has 0 fully saturated rings. The van der Waals surface area contributed by atoms with E-state index in [2.05, 4.69) is 51.6 Å². The number of carbonyl (C=O) groups excluding carboxylic acids is 2. The van der Waals surface area contributed by atoms with Gasteiger partial charge in [0.2, 0.25) is 17.7 Å². The molecule has 2 heterocycles. The molecule has 2 aromatic carbocycles. The molecule has 192 valence electrons. The van der Waals surface area contributed by atoms with Gasteiger partial charge < -0.3 is 15.8 Å². The number of hydrogen-bond donors (Lipinski definition) is 2. The summed E-state index contributed by atoms with van der Waals surface area (Å²) < 4.78 is 5.98. The van der Waals surface area contributed by atoms with Gasteiger partial charge in [-0.15, -0.1) is 0 Å². The number of nitrogens with zero attached hydrogens (tertiary/aromatic N) is 2. The Kier molecular flexibility index (Phi) is 6.73. The molecule has 1 aromatic heterocycles. The molecule has 1 aliphatic carbocycles. The Balaban J connectivity index is 1.42. The Morgan fingerprint density at radius 1 is 1.05 bits per heavy atom. The number of benzene rings is 2. The zero-order chi connectivity index (χ0) is 26.2. The van der Waals surface area contributed by atoms with Gasteiger partial charge >= 0.3 is 0 Å². The molecule has 5 rings (SSSR count). The molecule has 2 aliphatic rings. The predicted molar refractivity (Wildman–Crippen MR) is 142 cm³/mol. The maximum Gasteiger partial charge on any atom is 0.250 e. The highest BCUT2D eigenvalue weighted by Gasteiger charge is 2.38. The SMILES string of the molecule is CC(C)(C)NC(=O)C1Cc2ccccc2CN1C1CCCc2cc(Oc3ccc(C(N)=O)cn3)ccc21. The first-order valence-corrected chi connectivity index (χ1v) is 12.9. The Morgan fingerprint density at radius 3 is 2.54 bits per heavy atom. The van der Waals surface area contributed by atoms with E-state index >= 15 is 0 Å². The van der Waals surface area contributed by atoms with E-state index in [1.54, 1.807) is 12.1 Å². The maximum absolute atomic E-state index is 13.5. The van der Waals surface area contributed by atoms with Crippen molar-refractivity contribution in [2.45, 2.75) is 70.6 Å². The highest BCUT2D eigenvalue weighted by atomic mass is 16.5. The van der Waals surface area contributed by atoms with Crippen molar-refractivity contribution in [3.05, 3.63) is 88.6 Å². The molecule has 0 saturated carbocycles. The van der Waals surface area contributed by atoms with Crippen LogP contribution < -0.4 is 15.8 Å². The van der Waals surface area contributed by atoms with E-state index in [-0.39, 0.29) is 23.5 Å². The summed E-state index contributed by atoms with van der Waals surface area (Å²) in [6.07, 6.45) is 5.13. The molecule has 1 aliphatic heterocycles. The van der Waals surface area contributed by atoms with Crippen molar-refractivity contribution in [3.63, 3.8) is 0 Å². The number of aryl methyl sites for hydroxylation is 1. The third-order valence-electron chi connectivity index (χ3n) is 7.13. The van der Waals surface area contributed by atoms with Gasteiger partial charge in [-0.1, -0.05) is 30.3 Å². The fourth-order valence-corrected chi connectivity index (χ4v) is 5.45. The number of nitrogens with two attached hydrogens (primary N) is 1. The van der Waals surface area contributed by atoms with Gasteiger partial charge in [0, 0.05) is 30.4 Å². The topological polar surface area (TPSA) is 97.5 Å². The van der Waals surface area contributed by atoms with E-state index in [1.165, 1.54) is 28.5 Å². The van der Waals surface area contributed by atoms with Crippen molar-refractivity contribution in [2.75, 3.05) is 0 Å². The monoisotopic (exact) mass is 498 g/mol. The molecule has 0 bridgehead atoms. The minimum atomic E-state index is -0.520. The van der Waals surface area contributed by atoms with E-state index in [9.17, 15) is 9.59 Å². The highest BCUT2D eigenvalue weighted by Crippen LogP contribution is 2.40. The first-order chi connectivity index (χ1) is 17.7. The molecule has 7 heteroatoms. The summed E-state index contributed by atoms with van der Waals surface area (Å²) in [6, 6.07) is 17.8. The summed E-state index contributed by atoms with van der Waals surface area (Å²) in [7, 11) is 0. The molecular formula is C30H34N4O3. The quantitative estimate of drug-likeness (QED) is 0.532. The van der Waals surface area contributed by atoms with Crippen LogP contribution in [-0.2, 0) is 24.2 Å². The molecule has 2 amide bonds. The standard InChI is InChI=1S/C30H34N4O3/c1-30(2,3)33-29(36)26-16-19-7-4-5-8-22(19)18-34(26)25-10-6-9-20-15-23(12-13-24(20)25)37-27-14-11-21(17-32-27)28(31)35/h4-5,7-8,11-15,17,25-26H,6,9-10,16,18H2,1-3H3,(H2,31,35)(H,33,36). The molecular weight excluding hydrogens is 464 g/mol. The number of primary amides is 1. The zero-order valence-electron chi connectivity index (χ0n) is 21.7. The number of nitrogens with one attached hydrogen (secondary N) is 1. The van der Waals surface area contributed by atoms with Crippen molar-refractivity contribution in [1.82, 2.24) is 15.2 Å². The van der Waals surface area contributed by atoms with Crippen LogP contribution in [0, 0.1) is 0 Å². The van der Waals surface area contributed by atoms with Gasteiger partial charge in [0.05, 0.1) is 11.6 Å². The van der Waals surface area contributed by atoms with E-state index in [0.717, 1.165) is 25.8 Å². The van der Waals surface area contributed by atoms with Crippen LogP contribution in [0.5, 0.6) is 11.6 Å². The molecule has 3 N–H and O–H groups in total. The lowest BCUT2D eigenvalue weighted by Gasteiger charge is -2.44. The van der Waals surface area contributed by atoms with E-state index < -0.39 is 5.91 Å². The van der Waals surface area contributed by atoms with Crippen molar-refractivity contribution < 1.29 is 14.3 Å². The van der Waals surface area contributed by atoms with Gasteiger partial charge in [-0.2, -0.15) is 0 Å². The average molecular weight is 499 g/mol. The van der Waals surface area contributed by atoms with Gasteiger partial charge in [0.25, 0.3) is 0 Å². The van der Waals surface area contributed by atoms with Crippen LogP contribution in [0.25, 0.3) is 0 Å². The van der Waals surface area contributed by atoms with E-state index in [1.807, 2.05) is 26.8 Å². The van der Waals surface area contributed by atoms with Crippen LogP contribution >= 0.6 is 0 Å². The smallest absolute Gasteiger partial charge is 0.250 e. The largest absolute Gasteiger partial charge is 0.439 e. The van der Waals surface area contributed by atoms with Crippen molar-refractivity contribution in [1.29, 1.82) is 0 Å². The minimum Gasteiger partial charge on any atom is -0.439 e. The Bertz CT molecular complexity index is 1310. The highest BCUT2D eigenvalue weighted by molar-refractivity contribution is 5.92. The minimum absolute atomic E-state index is 0.0829. The molecule has 2 atom stereocenters. The third-order valence-corrected chi connectivity index (χ3v) is 7.13. The molecule has 37 heavy (non-hydrogen) atoms. The van der Waals surface area contributed by atoms with Crippen molar-refractivity contribution in [3.8, 4) is 11.6 Å². The number of amides is 2. The lowest BCUT2D eigenvalue weighted by Crippen LogP contribution is -2.55. The summed E-state index contributed by atoms with van der Waals surface area (Å²) >= 11 is 0. The second-order valence-corrected chi connectivity index (χ2v) is 11.0. The molecule has 0 saturated heterocycles. The van der Waals surface area contributed by atoms with E-state index in [0.29, 0.717) is 23.6 Å². The number of pyridine rings is 1. The van der Waals surface area contributed by atoms with Crippen molar-refractivity contribution in [2.24, 2.45) is 5.73 Å². The lowest BCUT2D eigenvalue weighted by molar-refractivity contribution is -0.130. The van der Waals surface area contributed by atoms with Crippen LogP contribution in [0.4, 0.5) is 0 Å². The third kappa shape index (κ3) is 5.52. The second-order valence-electron chi connectivity index (χ2n) is 11.0. The number of carbonyl (C=O) groups is 2. The van der Waals surface area contributed by atoms with Crippen LogP contribution in [-0.4, -0.2) is 33.3 Å². The summed E-state index contributed by atoms with van der Waals surface area (Å²) in [6.45, 7) is 6.83. The number of rotatable bonds is 5. The summed E-state index contributed by atoms with van der Waals surface area (Å²) in [5.41, 5.74) is 10.4. The molecule has 0 spiro atoms. The zero-order valence-corrected chi connectivity index (χ0v) is 21.7. The fraction of sp³-hybridized carbons (Fsp3) is 0.367. The van der Waals surface area contributed by atoms with Gasteiger partial charge in [0.1, 0.15) is 5.75 Å². The number of hydrogen-bond acceptors (Lipinski definition) is 5. The fourth-order valence-electron chi connectivity index (χ4n) is 5.45. The van der Waals surface area contributed by atoms with Gasteiger partial charge in [-0.25, -0.2) is 4.98 Å². The first kappa shape index (κ1) is 25.0. The molecule has 7 nitrogen and oxygen atoms in total. The molecule has 0 radical (unpaired) electrons. The average Bonchev–Trinajstić information content (AvgIpc) is 2.87. The van der Waals surface area contributed by atoms with Crippen LogP contribution in [0.2, 0.25) is 0 Å². The maximum atomic E-state index is 13.5. The normalized spacial score (nSPS) is 19.4. The van der Waals surface area contributed by atoms with Gasteiger partial charge in [-0.3, -0.25) is 14.5 Å². The predicted octanol–water partition coefficient (Wildman–Crippen LogP) is 4.69. The van der Waals surface area contributed by atoms with Crippen LogP contribution in [0.15, 0.2) is 60.8 Å². The lowest BCUT2D eigenvalue weighted by atomic mass is 9.83. The second kappa shape index (κ2) is 9.98. The molecule has 2 unspecified atom stereocenters. The van der Waals surface area contributed by atoms with E-state index in [4.69, 9.17) is 10.5 Å². The van der Waals surface area contributed by atoms with Gasteiger partial charge in [0.15, 0.2) is 0 Å². The van der Waals surface area contributed by atoms with Gasteiger partial charge in [-0.05, 0) is 86.9 Å². The Hall–Kier alpha value is -3.71. The molecule has 3 aromatic rings. The van der Waals surface area contributed by atoms with Crippen LogP contribution in [0.3, 0.4) is 0 Å². The number of fused-ring (bicyclic) bond motifs is 2. The first-order valence-electron chi connectivity index (χ1n) is 12.9. The summed E-state index contributed by atoms with van der Waals surface area (Å²) in [4.78, 5) is 31.4. The summed E-state index contributed by atoms with van der Waals surface area (Å²) in [5, 5.41) is 3.22.